The molecule has 8 aromatic carbocycles. The summed E-state index contributed by atoms with van der Waals surface area (Å²) in [7, 11) is 0. The SMILES string of the molecule is C(=C(c1ccc(-c2ccccc2)cc1)c1ccc(-c2ccccc2)cc1)c1ccc2ccc3cccc4ccc1c2c34. The standard InChI is InChI=1S/C42H28/c1-3-8-29(9-4-1)31-14-18-33(19-15-31)40(34-20-16-32(17-21-34)30-10-5-2-6-11-30)28-38-25-24-37-23-22-35-12-7-13-36-26-27-39(38)42(37)41(35)36/h1-28H. The van der Waals surface area contributed by atoms with E-state index >= 15 is 0 Å². The van der Waals surface area contributed by atoms with E-state index in [4.69, 9.17) is 0 Å². The lowest BCUT2D eigenvalue weighted by Gasteiger charge is -2.15. The summed E-state index contributed by atoms with van der Waals surface area (Å²) >= 11 is 0. The van der Waals surface area contributed by atoms with Crippen molar-refractivity contribution >= 4 is 44.0 Å². The summed E-state index contributed by atoms with van der Waals surface area (Å²) in [6.07, 6.45) is 2.38. The smallest absolute Gasteiger partial charge is 0.00208 e. The Morgan fingerprint density at radius 3 is 1.33 bits per heavy atom. The van der Waals surface area contributed by atoms with Crippen molar-refractivity contribution in [2.24, 2.45) is 0 Å². The fourth-order valence-electron chi connectivity index (χ4n) is 6.32. The van der Waals surface area contributed by atoms with Gasteiger partial charge in [0.1, 0.15) is 0 Å². The van der Waals surface area contributed by atoms with Crippen molar-refractivity contribution in [2.75, 3.05) is 0 Å². The van der Waals surface area contributed by atoms with Gasteiger partial charge in [-0.3, -0.25) is 0 Å². The predicted octanol–water partition coefficient (Wildman–Crippen LogP) is 11.5. The first-order chi connectivity index (χ1) is 20.8. The first-order valence-corrected chi connectivity index (χ1v) is 14.5. The van der Waals surface area contributed by atoms with Crippen LogP contribution in [0.4, 0.5) is 0 Å². The molecule has 0 aromatic heterocycles. The van der Waals surface area contributed by atoms with Crippen molar-refractivity contribution in [3.05, 3.63) is 180 Å². The van der Waals surface area contributed by atoms with E-state index in [1.807, 2.05) is 0 Å². The molecule has 0 nitrogen and oxygen atoms in total. The predicted molar refractivity (Wildman–Crippen MR) is 181 cm³/mol. The molecule has 196 valence electrons. The summed E-state index contributed by atoms with van der Waals surface area (Å²) in [4.78, 5) is 0. The Kier molecular flexibility index (Phi) is 5.90. The molecule has 8 rings (SSSR count). The minimum absolute atomic E-state index is 1.20. The molecule has 0 aliphatic heterocycles. The maximum absolute atomic E-state index is 2.38. The molecule has 42 heavy (non-hydrogen) atoms. The minimum Gasteiger partial charge on any atom is -0.0622 e. The molecule has 0 heteroatoms. The molecule has 0 amide bonds. The molecular formula is C42H28. The van der Waals surface area contributed by atoms with Gasteiger partial charge in [0.05, 0.1) is 0 Å². The lowest BCUT2D eigenvalue weighted by Crippen LogP contribution is -1.91. The van der Waals surface area contributed by atoms with Crippen molar-refractivity contribution < 1.29 is 0 Å². The third-order valence-electron chi connectivity index (χ3n) is 8.47. The molecule has 0 unspecified atom stereocenters. The minimum atomic E-state index is 1.20. The normalized spacial score (nSPS) is 11.3. The molecule has 0 N–H and O–H groups in total. The maximum atomic E-state index is 2.38. The molecule has 0 atom stereocenters. The Morgan fingerprint density at radius 2 is 0.786 bits per heavy atom. The molecule has 0 fully saturated rings. The van der Waals surface area contributed by atoms with Gasteiger partial charge < -0.3 is 0 Å². The fraction of sp³-hybridized carbons (Fsp3) is 0. The molecule has 0 heterocycles. The van der Waals surface area contributed by atoms with E-state index in [9.17, 15) is 0 Å². The highest BCUT2D eigenvalue weighted by atomic mass is 14.2. The van der Waals surface area contributed by atoms with Crippen LogP contribution in [0, 0.1) is 0 Å². The van der Waals surface area contributed by atoms with Gasteiger partial charge >= 0.3 is 0 Å². The van der Waals surface area contributed by atoms with Crippen LogP contribution in [-0.4, -0.2) is 0 Å². The summed E-state index contributed by atoms with van der Waals surface area (Å²) in [5, 5.41) is 7.85. The lowest BCUT2D eigenvalue weighted by atomic mass is 9.89. The van der Waals surface area contributed by atoms with Gasteiger partial charge in [-0.15, -0.1) is 0 Å². The molecule has 0 spiro atoms. The highest BCUT2D eigenvalue weighted by molar-refractivity contribution is 6.24. The first-order valence-electron chi connectivity index (χ1n) is 14.5. The van der Waals surface area contributed by atoms with Crippen LogP contribution >= 0.6 is 0 Å². The fourth-order valence-corrected chi connectivity index (χ4v) is 6.32. The van der Waals surface area contributed by atoms with Crippen LogP contribution in [0.3, 0.4) is 0 Å². The van der Waals surface area contributed by atoms with Crippen LogP contribution in [0.5, 0.6) is 0 Å². The van der Waals surface area contributed by atoms with E-state index in [2.05, 4.69) is 170 Å². The van der Waals surface area contributed by atoms with Crippen LogP contribution in [0.15, 0.2) is 164 Å². The highest BCUT2D eigenvalue weighted by Crippen LogP contribution is 2.38. The van der Waals surface area contributed by atoms with Crippen molar-refractivity contribution in [3.63, 3.8) is 0 Å². The first kappa shape index (κ1) is 24.3. The second-order valence-corrected chi connectivity index (χ2v) is 11.0. The number of benzene rings is 8. The number of rotatable bonds is 5. The maximum Gasteiger partial charge on any atom is -0.00208 e. The molecule has 0 radical (unpaired) electrons. The molecule has 0 saturated carbocycles. The lowest BCUT2D eigenvalue weighted by molar-refractivity contribution is 1.53. The Hall–Kier alpha value is -5.46. The summed E-state index contributed by atoms with van der Waals surface area (Å²) in [6.45, 7) is 0. The molecule has 0 saturated heterocycles. The summed E-state index contributed by atoms with van der Waals surface area (Å²) < 4.78 is 0. The quantitative estimate of drug-likeness (QED) is 0.153. The zero-order valence-electron chi connectivity index (χ0n) is 23.2. The number of hydrogen-bond donors (Lipinski definition) is 0. The third kappa shape index (κ3) is 4.26. The van der Waals surface area contributed by atoms with Gasteiger partial charge in [-0.2, -0.15) is 0 Å². The summed E-state index contributed by atoms with van der Waals surface area (Å²) in [5.74, 6) is 0. The van der Waals surface area contributed by atoms with Gasteiger partial charge in [0.25, 0.3) is 0 Å². The van der Waals surface area contributed by atoms with Gasteiger partial charge in [-0.25, -0.2) is 0 Å². The highest BCUT2D eigenvalue weighted by Gasteiger charge is 2.13. The van der Waals surface area contributed by atoms with Crippen LogP contribution in [0.2, 0.25) is 0 Å². The van der Waals surface area contributed by atoms with Gasteiger partial charge in [0, 0.05) is 0 Å². The van der Waals surface area contributed by atoms with Crippen molar-refractivity contribution in [2.45, 2.75) is 0 Å². The Labute approximate surface area is 246 Å². The number of hydrogen-bond acceptors (Lipinski definition) is 0. The van der Waals surface area contributed by atoms with E-state index in [1.165, 1.54) is 76.8 Å². The van der Waals surface area contributed by atoms with Crippen LogP contribution in [0.1, 0.15) is 16.7 Å². The van der Waals surface area contributed by atoms with Crippen LogP contribution in [0.25, 0.3) is 66.2 Å². The zero-order chi connectivity index (χ0) is 27.9. The second-order valence-electron chi connectivity index (χ2n) is 11.0. The summed E-state index contributed by atoms with van der Waals surface area (Å²) in [5.41, 5.74) is 9.75. The van der Waals surface area contributed by atoms with Gasteiger partial charge in [-0.05, 0) is 82.9 Å². The average molecular weight is 533 g/mol. The van der Waals surface area contributed by atoms with Crippen molar-refractivity contribution in [1.29, 1.82) is 0 Å². The molecule has 0 aliphatic rings. The van der Waals surface area contributed by atoms with Crippen molar-refractivity contribution in [3.8, 4) is 22.3 Å². The largest absolute Gasteiger partial charge is 0.0622 e. The zero-order valence-corrected chi connectivity index (χ0v) is 23.2. The van der Waals surface area contributed by atoms with E-state index in [1.54, 1.807) is 0 Å². The monoisotopic (exact) mass is 532 g/mol. The van der Waals surface area contributed by atoms with Crippen LogP contribution in [-0.2, 0) is 0 Å². The van der Waals surface area contributed by atoms with Gasteiger partial charge in [0.2, 0.25) is 0 Å². The van der Waals surface area contributed by atoms with Crippen molar-refractivity contribution in [1.82, 2.24) is 0 Å². The van der Waals surface area contributed by atoms with Gasteiger partial charge in [-0.1, -0.05) is 164 Å². The van der Waals surface area contributed by atoms with Crippen LogP contribution < -0.4 is 0 Å². The Balaban J connectivity index is 1.31. The average Bonchev–Trinajstić information content (AvgIpc) is 3.07. The summed E-state index contributed by atoms with van der Waals surface area (Å²) in [6, 6.07) is 59.4. The van der Waals surface area contributed by atoms with E-state index < -0.39 is 0 Å². The molecule has 0 bridgehead atoms. The molecular weight excluding hydrogens is 504 g/mol. The van der Waals surface area contributed by atoms with Gasteiger partial charge in [0.15, 0.2) is 0 Å². The van der Waals surface area contributed by atoms with E-state index in [-0.39, 0.29) is 0 Å². The third-order valence-corrected chi connectivity index (χ3v) is 8.47. The molecule has 0 aliphatic carbocycles. The molecule has 8 aromatic rings. The Bertz CT molecular complexity index is 2080. The second kappa shape index (κ2) is 10.2. The van der Waals surface area contributed by atoms with E-state index in [0.717, 1.165) is 0 Å². The topological polar surface area (TPSA) is 0 Å². The Morgan fingerprint density at radius 1 is 0.333 bits per heavy atom. The van der Waals surface area contributed by atoms with E-state index in [0.29, 0.717) is 0 Å².